The van der Waals surface area contributed by atoms with E-state index in [2.05, 4.69) is 20.6 Å². The minimum absolute atomic E-state index is 0.296. The summed E-state index contributed by atoms with van der Waals surface area (Å²) in [7, 11) is 0. The molecule has 5 nitrogen and oxygen atoms in total. The predicted octanol–water partition coefficient (Wildman–Crippen LogP) is 1.13. The molecule has 0 saturated heterocycles. The van der Waals surface area contributed by atoms with Crippen LogP contribution in [0.2, 0.25) is 0 Å². The molecule has 1 heterocycles. The Bertz CT molecular complexity index is 395. The largest absolute Gasteiger partial charge is 0.392 e. The number of nitrogens with zero attached hydrogens (tertiary/aromatic N) is 2. The summed E-state index contributed by atoms with van der Waals surface area (Å²) in [5.41, 5.74) is 2.52. The fraction of sp³-hybridized carbons (Fsp3) is 0.714. The van der Waals surface area contributed by atoms with E-state index in [-0.39, 0.29) is 6.10 Å². The minimum atomic E-state index is -0.296. The van der Waals surface area contributed by atoms with Gasteiger partial charge in [0.2, 0.25) is 0 Å². The van der Waals surface area contributed by atoms with E-state index in [1.807, 2.05) is 0 Å². The van der Waals surface area contributed by atoms with E-state index in [9.17, 15) is 0 Å². The number of aromatic nitrogens is 2. The van der Waals surface area contributed by atoms with Crippen molar-refractivity contribution in [3.05, 3.63) is 17.6 Å². The Labute approximate surface area is 114 Å². The Morgan fingerprint density at radius 2 is 2.05 bits per heavy atom. The first kappa shape index (κ1) is 14.2. The highest BCUT2D eigenvalue weighted by Gasteiger charge is 2.13. The lowest BCUT2D eigenvalue weighted by Gasteiger charge is -2.13. The summed E-state index contributed by atoms with van der Waals surface area (Å²) in [4.78, 5) is 8.77. The zero-order valence-electron chi connectivity index (χ0n) is 11.7. The molecule has 106 valence electrons. The minimum Gasteiger partial charge on any atom is -0.392 e. The number of nitrogens with one attached hydrogen (secondary N) is 2. The van der Waals surface area contributed by atoms with Gasteiger partial charge < -0.3 is 15.7 Å². The number of hydrogen-bond acceptors (Lipinski definition) is 5. The van der Waals surface area contributed by atoms with Crippen LogP contribution in [0.1, 0.15) is 37.4 Å². The average Bonchev–Trinajstić information content (AvgIpc) is 2.63. The number of aliphatic hydroxyl groups excluding tert-OH is 1. The van der Waals surface area contributed by atoms with Crippen LogP contribution < -0.4 is 10.6 Å². The van der Waals surface area contributed by atoms with Crippen LogP contribution in [0, 0.1) is 0 Å². The quantitative estimate of drug-likeness (QED) is 0.531. The Morgan fingerprint density at radius 1 is 1.21 bits per heavy atom. The standard InChI is InChI=1S/C14H24N4O/c1-11(19)9-15-7-8-16-14-12-5-3-2-4-6-13(12)17-10-18-14/h10-11,15,19H,2-9H2,1H3,(H,16,17,18). The van der Waals surface area contributed by atoms with Crippen molar-refractivity contribution in [3.8, 4) is 0 Å². The maximum Gasteiger partial charge on any atom is 0.132 e. The molecule has 1 aromatic heterocycles. The molecule has 0 fully saturated rings. The number of hydrogen-bond donors (Lipinski definition) is 3. The van der Waals surface area contributed by atoms with Gasteiger partial charge in [-0.15, -0.1) is 0 Å². The molecule has 5 heteroatoms. The Kier molecular flexibility index (Phi) is 5.54. The molecular weight excluding hydrogens is 240 g/mol. The van der Waals surface area contributed by atoms with E-state index in [4.69, 9.17) is 5.11 Å². The third-order valence-corrected chi connectivity index (χ3v) is 3.41. The molecule has 0 aromatic carbocycles. The molecule has 1 unspecified atom stereocenters. The van der Waals surface area contributed by atoms with Gasteiger partial charge in [-0.3, -0.25) is 0 Å². The summed E-state index contributed by atoms with van der Waals surface area (Å²) in [5, 5.41) is 15.7. The zero-order chi connectivity index (χ0) is 13.5. The van der Waals surface area contributed by atoms with Crippen molar-refractivity contribution in [3.63, 3.8) is 0 Å². The summed E-state index contributed by atoms with van der Waals surface area (Å²) in [6, 6.07) is 0. The number of aliphatic hydroxyl groups is 1. The summed E-state index contributed by atoms with van der Waals surface area (Å²) >= 11 is 0. The van der Waals surface area contributed by atoms with E-state index >= 15 is 0 Å². The van der Waals surface area contributed by atoms with Crippen molar-refractivity contribution in [1.82, 2.24) is 15.3 Å². The molecule has 0 spiro atoms. The van der Waals surface area contributed by atoms with E-state index in [0.717, 1.165) is 31.7 Å². The smallest absolute Gasteiger partial charge is 0.132 e. The topological polar surface area (TPSA) is 70.1 Å². The average molecular weight is 264 g/mol. The highest BCUT2D eigenvalue weighted by Crippen LogP contribution is 2.23. The number of anilines is 1. The summed E-state index contributed by atoms with van der Waals surface area (Å²) in [6.45, 7) is 4.05. The van der Waals surface area contributed by atoms with Gasteiger partial charge in [0, 0.05) is 30.9 Å². The lowest BCUT2D eigenvalue weighted by molar-refractivity contribution is 0.192. The van der Waals surface area contributed by atoms with Crippen molar-refractivity contribution in [2.24, 2.45) is 0 Å². The second-order valence-corrected chi connectivity index (χ2v) is 5.19. The fourth-order valence-electron chi connectivity index (χ4n) is 2.43. The lowest BCUT2D eigenvalue weighted by Crippen LogP contribution is -2.29. The van der Waals surface area contributed by atoms with Gasteiger partial charge in [0.1, 0.15) is 12.1 Å². The normalized spacial score (nSPS) is 16.5. The van der Waals surface area contributed by atoms with Crippen molar-refractivity contribution in [1.29, 1.82) is 0 Å². The SMILES string of the molecule is CC(O)CNCCNc1ncnc2c1CCCCC2. The lowest BCUT2D eigenvalue weighted by atomic mass is 10.1. The molecule has 0 aliphatic heterocycles. The van der Waals surface area contributed by atoms with Crippen molar-refractivity contribution < 1.29 is 5.11 Å². The van der Waals surface area contributed by atoms with Gasteiger partial charge in [-0.05, 0) is 32.6 Å². The molecule has 1 aromatic rings. The van der Waals surface area contributed by atoms with E-state index < -0.39 is 0 Å². The van der Waals surface area contributed by atoms with Crippen LogP contribution in [0.3, 0.4) is 0 Å². The predicted molar refractivity (Wildman–Crippen MR) is 76.3 cm³/mol. The number of rotatable bonds is 6. The third kappa shape index (κ3) is 4.44. The van der Waals surface area contributed by atoms with Crippen LogP contribution in [0.15, 0.2) is 6.33 Å². The maximum absolute atomic E-state index is 9.15. The fourth-order valence-corrected chi connectivity index (χ4v) is 2.43. The monoisotopic (exact) mass is 264 g/mol. The summed E-state index contributed by atoms with van der Waals surface area (Å²) in [6.07, 6.45) is 7.28. The van der Waals surface area contributed by atoms with Crippen LogP contribution in [-0.4, -0.2) is 40.8 Å². The van der Waals surface area contributed by atoms with E-state index in [1.165, 1.54) is 30.5 Å². The highest BCUT2D eigenvalue weighted by molar-refractivity contribution is 5.46. The van der Waals surface area contributed by atoms with Gasteiger partial charge in [0.15, 0.2) is 0 Å². The van der Waals surface area contributed by atoms with Gasteiger partial charge in [-0.2, -0.15) is 0 Å². The Morgan fingerprint density at radius 3 is 2.89 bits per heavy atom. The third-order valence-electron chi connectivity index (χ3n) is 3.41. The molecule has 0 amide bonds. The van der Waals surface area contributed by atoms with Crippen LogP contribution in [0.4, 0.5) is 5.82 Å². The first-order valence-electron chi connectivity index (χ1n) is 7.23. The molecule has 0 bridgehead atoms. The van der Waals surface area contributed by atoms with Gasteiger partial charge in [0.05, 0.1) is 6.10 Å². The summed E-state index contributed by atoms with van der Waals surface area (Å²) in [5.74, 6) is 0.991. The molecule has 0 radical (unpaired) electrons. The van der Waals surface area contributed by atoms with Gasteiger partial charge in [-0.25, -0.2) is 9.97 Å². The van der Waals surface area contributed by atoms with Crippen LogP contribution in [0.25, 0.3) is 0 Å². The summed E-state index contributed by atoms with van der Waals surface area (Å²) < 4.78 is 0. The molecule has 19 heavy (non-hydrogen) atoms. The zero-order valence-corrected chi connectivity index (χ0v) is 11.7. The molecule has 3 N–H and O–H groups in total. The second-order valence-electron chi connectivity index (χ2n) is 5.19. The highest BCUT2D eigenvalue weighted by atomic mass is 16.3. The maximum atomic E-state index is 9.15. The van der Waals surface area contributed by atoms with Crippen molar-refractivity contribution in [2.75, 3.05) is 25.0 Å². The molecule has 1 aliphatic rings. The van der Waals surface area contributed by atoms with Crippen molar-refractivity contribution in [2.45, 2.75) is 45.1 Å². The molecular formula is C14H24N4O. The first-order chi connectivity index (χ1) is 9.27. The Hall–Kier alpha value is -1.20. The first-order valence-corrected chi connectivity index (χ1v) is 7.23. The number of fused-ring (bicyclic) bond motifs is 1. The molecule has 1 aliphatic carbocycles. The van der Waals surface area contributed by atoms with E-state index in [0.29, 0.717) is 6.54 Å². The second kappa shape index (κ2) is 7.40. The molecule has 0 saturated carbocycles. The van der Waals surface area contributed by atoms with Gasteiger partial charge >= 0.3 is 0 Å². The van der Waals surface area contributed by atoms with Gasteiger partial charge in [-0.1, -0.05) is 6.42 Å². The number of aryl methyl sites for hydroxylation is 1. The van der Waals surface area contributed by atoms with Crippen molar-refractivity contribution >= 4 is 5.82 Å². The molecule has 1 atom stereocenters. The molecule has 2 rings (SSSR count). The Balaban J connectivity index is 1.86. The van der Waals surface area contributed by atoms with Crippen LogP contribution in [-0.2, 0) is 12.8 Å². The van der Waals surface area contributed by atoms with E-state index in [1.54, 1.807) is 13.3 Å². The van der Waals surface area contributed by atoms with Crippen LogP contribution >= 0.6 is 0 Å². The van der Waals surface area contributed by atoms with Crippen LogP contribution in [0.5, 0.6) is 0 Å². The van der Waals surface area contributed by atoms with Gasteiger partial charge in [0.25, 0.3) is 0 Å².